The van der Waals surface area contributed by atoms with Crippen molar-refractivity contribution >= 4 is 85.7 Å². The summed E-state index contributed by atoms with van der Waals surface area (Å²) in [4.78, 5) is 0. The fraction of sp³-hybridized carbons (Fsp3) is 0.154. The Morgan fingerprint density at radius 3 is 1.10 bits per heavy atom. The topological polar surface area (TPSA) is 17.6 Å². The number of benzene rings is 8. The Hall–Kier alpha value is -5.56. The van der Waals surface area contributed by atoms with Crippen molar-refractivity contribution in [2.75, 3.05) is 0 Å². The predicted octanol–water partition coefficient (Wildman–Crippen LogP) is 12.6. The number of hydrogen-bond donors (Lipinski definition) is 0. The fourth-order valence-corrected chi connectivity index (χ4v) is 10.7. The second-order valence-corrected chi connectivity index (χ2v) is 17.3. The highest BCUT2D eigenvalue weighted by molar-refractivity contribution is 9.10. The molecular weight excluding hydrogens is 840 g/mol. The van der Waals surface area contributed by atoms with Crippen LogP contribution in [0.15, 0.2) is 155 Å². The first-order chi connectivity index (χ1) is 28.2. The van der Waals surface area contributed by atoms with Crippen molar-refractivity contribution in [2.24, 2.45) is 0 Å². The molecule has 0 radical (unpaired) electrons. The maximum atomic E-state index is 4.08. The lowest BCUT2D eigenvalue weighted by atomic mass is 9.96. The van der Waals surface area contributed by atoms with E-state index in [9.17, 15) is 0 Å². The van der Waals surface area contributed by atoms with E-state index in [2.05, 4.69) is 223 Å². The molecule has 2 heterocycles. The number of nitrogens with zero attached hydrogens (tertiary/aromatic N) is 4. The third kappa shape index (κ3) is 6.25. The summed E-state index contributed by atoms with van der Waals surface area (Å²) in [5.41, 5.74) is 10.3. The maximum Gasteiger partial charge on any atom is 0.326 e. The molecule has 0 aliphatic carbocycles. The van der Waals surface area contributed by atoms with Gasteiger partial charge in [0.25, 0.3) is 0 Å². The standard InChI is InChI=1S/C52H44Br2N4/c1-33-35(3)57(31-49-45-17-9-5-13-40(45)27-41-14-6-10-18-46(41)49)51(53)55(33)29-37-21-23-39-24-22-38(26-44(39)25-37)30-56-34(2)36(4)58(52(56)54)32-50-47-19-11-7-15-42(47)28-43-16-8-12-20-48(43)50/h5-28H,29-32H2,1-4H3/q+2. The molecule has 0 saturated carbocycles. The van der Waals surface area contributed by atoms with Gasteiger partial charge in [-0.05, 0) is 89.3 Å². The predicted molar refractivity (Wildman–Crippen MR) is 247 cm³/mol. The fourth-order valence-electron chi connectivity index (χ4n) is 9.14. The quantitative estimate of drug-likeness (QED) is 0.107. The van der Waals surface area contributed by atoms with E-state index in [1.54, 1.807) is 0 Å². The Kier molecular flexibility index (Phi) is 9.30. The van der Waals surface area contributed by atoms with Crippen molar-refractivity contribution in [3.8, 4) is 0 Å². The second-order valence-electron chi connectivity index (χ2n) is 15.8. The van der Waals surface area contributed by atoms with E-state index >= 15 is 0 Å². The zero-order valence-corrected chi connectivity index (χ0v) is 36.4. The molecule has 4 nitrogen and oxygen atoms in total. The zero-order chi connectivity index (χ0) is 39.7. The minimum Gasteiger partial charge on any atom is -0.217 e. The monoisotopic (exact) mass is 882 g/mol. The van der Waals surface area contributed by atoms with Gasteiger partial charge in [-0.3, -0.25) is 0 Å². The van der Waals surface area contributed by atoms with E-state index in [-0.39, 0.29) is 0 Å². The molecule has 0 saturated heterocycles. The normalized spacial score (nSPS) is 11.9. The van der Waals surface area contributed by atoms with Gasteiger partial charge in [0.15, 0.2) is 0 Å². The highest BCUT2D eigenvalue weighted by Gasteiger charge is 2.27. The first-order valence-corrected chi connectivity index (χ1v) is 21.6. The summed E-state index contributed by atoms with van der Waals surface area (Å²) in [6, 6.07) is 53.6. The summed E-state index contributed by atoms with van der Waals surface area (Å²) in [5, 5.41) is 12.9. The highest BCUT2D eigenvalue weighted by Crippen LogP contribution is 2.33. The Morgan fingerprint density at radius 1 is 0.397 bits per heavy atom. The van der Waals surface area contributed by atoms with Crippen molar-refractivity contribution in [1.82, 2.24) is 9.13 Å². The zero-order valence-electron chi connectivity index (χ0n) is 33.2. The van der Waals surface area contributed by atoms with Crippen LogP contribution in [0.2, 0.25) is 0 Å². The van der Waals surface area contributed by atoms with Crippen LogP contribution in [0.1, 0.15) is 45.0 Å². The van der Waals surface area contributed by atoms with E-state index in [0.717, 1.165) is 35.6 Å². The molecule has 10 rings (SSSR count). The molecule has 0 aliphatic rings. The third-order valence-corrected chi connectivity index (χ3v) is 14.3. The number of hydrogen-bond acceptors (Lipinski definition) is 0. The molecule has 0 bridgehead atoms. The average molecular weight is 885 g/mol. The van der Waals surface area contributed by atoms with Gasteiger partial charge in [0, 0.05) is 70.7 Å². The molecular formula is C52H44Br2N4+2. The van der Waals surface area contributed by atoms with Gasteiger partial charge in [-0.1, -0.05) is 121 Å². The Bertz CT molecular complexity index is 2940. The van der Waals surface area contributed by atoms with E-state index < -0.39 is 0 Å². The van der Waals surface area contributed by atoms with Crippen molar-refractivity contribution in [3.05, 3.63) is 200 Å². The number of halogens is 2. The van der Waals surface area contributed by atoms with Gasteiger partial charge in [-0.25, -0.2) is 18.3 Å². The molecule has 6 heteroatoms. The largest absolute Gasteiger partial charge is 0.326 e. The Morgan fingerprint density at radius 2 is 0.741 bits per heavy atom. The Balaban J connectivity index is 0.954. The summed E-state index contributed by atoms with van der Waals surface area (Å²) in [5.74, 6) is 0. The van der Waals surface area contributed by atoms with Gasteiger partial charge in [-0.2, -0.15) is 0 Å². The lowest BCUT2D eigenvalue weighted by Crippen LogP contribution is -2.37. The molecule has 0 N–H and O–H groups in total. The van der Waals surface area contributed by atoms with E-state index in [0.29, 0.717) is 0 Å². The van der Waals surface area contributed by atoms with Crippen LogP contribution in [0.25, 0.3) is 53.9 Å². The lowest BCUT2D eigenvalue weighted by Gasteiger charge is -2.11. The van der Waals surface area contributed by atoms with Crippen LogP contribution < -0.4 is 9.13 Å². The van der Waals surface area contributed by atoms with Crippen molar-refractivity contribution in [2.45, 2.75) is 53.9 Å². The minimum absolute atomic E-state index is 0.779. The molecule has 284 valence electrons. The van der Waals surface area contributed by atoms with Crippen LogP contribution in [0.5, 0.6) is 0 Å². The van der Waals surface area contributed by atoms with Gasteiger partial charge >= 0.3 is 9.47 Å². The van der Waals surface area contributed by atoms with Crippen LogP contribution in [0.3, 0.4) is 0 Å². The average Bonchev–Trinajstić information content (AvgIpc) is 3.57. The van der Waals surface area contributed by atoms with Gasteiger partial charge in [0.05, 0.1) is 0 Å². The number of imidazole rings is 2. The number of fused-ring (bicyclic) bond motifs is 5. The smallest absolute Gasteiger partial charge is 0.217 e. The van der Waals surface area contributed by atoms with Gasteiger partial charge in [0.2, 0.25) is 0 Å². The van der Waals surface area contributed by atoms with Crippen molar-refractivity contribution in [3.63, 3.8) is 0 Å². The van der Waals surface area contributed by atoms with Crippen LogP contribution >= 0.6 is 31.9 Å². The van der Waals surface area contributed by atoms with E-state index in [1.165, 1.54) is 98.9 Å². The molecule has 58 heavy (non-hydrogen) atoms. The lowest BCUT2D eigenvalue weighted by molar-refractivity contribution is -0.704. The molecule has 0 fully saturated rings. The molecule has 8 aromatic carbocycles. The second kappa shape index (κ2) is 14.7. The summed E-state index contributed by atoms with van der Waals surface area (Å²) in [6.07, 6.45) is 0. The number of aromatic nitrogens is 4. The molecule has 0 spiro atoms. The minimum atomic E-state index is 0.779. The van der Waals surface area contributed by atoms with Gasteiger partial charge in [0.1, 0.15) is 49.0 Å². The molecule has 0 atom stereocenters. The molecule has 0 aliphatic heterocycles. The van der Waals surface area contributed by atoms with E-state index in [4.69, 9.17) is 0 Å². The van der Waals surface area contributed by atoms with Crippen LogP contribution in [0, 0.1) is 27.7 Å². The van der Waals surface area contributed by atoms with Crippen LogP contribution in [0.4, 0.5) is 0 Å². The van der Waals surface area contributed by atoms with Crippen LogP contribution in [-0.2, 0) is 26.2 Å². The summed E-state index contributed by atoms with van der Waals surface area (Å²) in [7, 11) is 0. The third-order valence-electron chi connectivity index (χ3n) is 12.6. The van der Waals surface area contributed by atoms with Crippen molar-refractivity contribution < 1.29 is 9.13 Å². The molecule has 2 aromatic heterocycles. The molecule has 0 amide bonds. The summed E-state index contributed by atoms with van der Waals surface area (Å²) in [6.45, 7) is 12.1. The SMILES string of the molecule is Cc1c(C)[n+](Cc2ccc3ccc(C[n+]4c(C)c(C)n(Cc5c6ccccc6cc6ccccc56)c4Br)cc3c2)c(Br)n1Cc1c2ccccc2cc2ccccc12. The maximum absolute atomic E-state index is 4.08. The van der Waals surface area contributed by atoms with Gasteiger partial charge in [-0.15, -0.1) is 0 Å². The van der Waals surface area contributed by atoms with Crippen LogP contribution in [-0.4, -0.2) is 9.13 Å². The summed E-state index contributed by atoms with van der Waals surface area (Å²) >= 11 is 8.15. The molecule has 10 aromatic rings. The molecule has 0 unspecified atom stereocenters. The highest BCUT2D eigenvalue weighted by atomic mass is 79.9. The van der Waals surface area contributed by atoms with E-state index in [1.807, 2.05) is 0 Å². The number of rotatable bonds is 8. The first kappa shape index (κ1) is 36.8. The summed E-state index contributed by atoms with van der Waals surface area (Å²) < 4.78 is 11.8. The van der Waals surface area contributed by atoms with Crippen molar-refractivity contribution in [1.29, 1.82) is 0 Å². The Labute approximate surface area is 355 Å². The first-order valence-electron chi connectivity index (χ1n) is 20.0. The van der Waals surface area contributed by atoms with Gasteiger partial charge < -0.3 is 0 Å².